The van der Waals surface area contributed by atoms with Crippen molar-refractivity contribution in [2.45, 2.75) is 20.3 Å². The van der Waals surface area contributed by atoms with Gasteiger partial charge in [-0.15, -0.1) is 0 Å². The monoisotopic (exact) mass is 239 g/mol. The van der Waals surface area contributed by atoms with E-state index in [4.69, 9.17) is 4.74 Å². The van der Waals surface area contributed by atoms with Crippen molar-refractivity contribution in [2.24, 2.45) is 13.0 Å². The molecule has 0 saturated heterocycles. The smallest absolute Gasteiger partial charge is 0.309 e. The first-order valence-electron chi connectivity index (χ1n) is 5.99. The molecule has 0 aliphatic carbocycles. The summed E-state index contributed by atoms with van der Waals surface area (Å²) < 4.78 is 6.79. The minimum atomic E-state index is -0.138. The third-order valence-corrected chi connectivity index (χ3v) is 2.62. The first-order valence-corrected chi connectivity index (χ1v) is 5.99. The number of carbonyl (C=O) groups excluding carboxylic acids is 1. The van der Waals surface area contributed by atoms with Gasteiger partial charge in [-0.05, 0) is 13.0 Å². The summed E-state index contributed by atoms with van der Waals surface area (Å²) in [6, 6.07) is 2.00. The molecule has 5 nitrogen and oxygen atoms in total. The number of esters is 1. The maximum Gasteiger partial charge on any atom is 0.309 e. The Balaban J connectivity index is 2.16. The second kappa shape index (κ2) is 7.06. The van der Waals surface area contributed by atoms with Crippen LogP contribution < -0.4 is 5.32 Å². The number of nitrogens with zero attached hydrogens (tertiary/aromatic N) is 2. The summed E-state index contributed by atoms with van der Waals surface area (Å²) in [6.07, 6.45) is 2.70. The fourth-order valence-electron chi connectivity index (χ4n) is 1.55. The number of hydrogen-bond donors (Lipinski definition) is 1. The predicted octanol–water partition coefficient (Wildman–Crippen LogP) is 0.751. The summed E-state index contributed by atoms with van der Waals surface area (Å²) >= 11 is 0. The lowest BCUT2D eigenvalue weighted by molar-refractivity contribution is -0.147. The maximum atomic E-state index is 11.3. The Morgan fingerprint density at radius 3 is 3.00 bits per heavy atom. The molecule has 1 heterocycles. The molecule has 0 bridgehead atoms. The summed E-state index contributed by atoms with van der Waals surface area (Å²) in [7, 11) is 1.93. The van der Waals surface area contributed by atoms with E-state index >= 15 is 0 Å². The lowest BCUT2D eigenvalue weighted by Gasteiger charge is -2.11. The average Bonchev–Trinajstić information content (AvgIpc) is 2.70. The zero-order valence-electron chi connectivity index (χ0n) is 10.8. The van der Waals surface area contributed by atoms with Crippen LogP contribution in [-0.2, 0) is 23.0 Å². The molecule has 5 heteroatoms. The third kappa shape index (κ3) is 4.56. The number of aromatic nitrogens is 2. The minimum Gasteiger partial charge on any atom is -0.466 e. The van der Waals surface area contributed by atoms with E-state index in [1.165, 1.54) is 5.69 Å². The van der Waals surface area contributed by atoms with Crippen molar-refractivity contribution in [1.29, 1.82) is 0 Å². The van der Waals surface area contributed by atoms with Crippen LogP contribution in [0.4, 0.5) is 0 Å². The Morgan fingerprint density at radius 1 is 1.65 bits per heavy atom. The standard InChI is InChI=1S/C12H21N3O2/c1-4-17-12(16)10(2)9-13-7-5-11-6-8-14-15(11)3/h6,8,10,13H,4-5,7,9H2,1-3H3. The highest BCUT2D eigenvalue weighted by atomic mass is 16.5. The first kappa shape index (κ1) is 13.7. The quantitative estimate of drug-likeness (QED) is 0.563. The van der Waals surface area contributed by atoms with Crippen molar-refractivity contribution < 1.29 is 9.53 Å². The Labute approximate surface area is 102 Å². The molecule has 0 radical (unpaired) electrons. The van der Waals surface area contributed by atoms with Gasteiger partial charge in [0.1, 0.15) is 0 Å². The molecule has 1 aromatic rings. The number of aryl methyl sites for hydroxylation is 1. The molecule has 1 N–H and O–H groups in total. The van der Waals surface area contributed by atoms with Gasteiger partial charge in [0, 0.05) is 38.4 Å². The maximum absolute atomic E-state index is 11.3. The lowest BCUT2D eigenvalue weighted by Crippen LogP contribution is -2.29. The van der Waals surface area contributed by atoms with E-state index in [-0.39, 0.29) is 11.9 Å². The largest absolute Gasteiger partial charge is 0.466 e. The summed E-state index contributed by atoms with van der Waals surface area (Å²) in [5.74, 6) is -0.234. The summed E-state index contributed by atoms with van der Waals surface area (Å²) in [4.78, 5) is 11.3. The highest BCUT2D eigenvalue weighted by Gasteiger charge is 2.12. The van der Waals surface area contributed by atoms with Gasteiger partial charge in [0.2, 0.25) is 0 Å². The molecule has 96 valence electrons. The Morgan fingerprint density at radius 2 is 2.41 bits per heavy atom. The Kier molecular flexibility index (Phi) is 5.69. The number of carbonyl (C=O) groups is 1. The number of nitrogens with one attached hydrogen (secondary N) is 1. The van der Waals surface area contributed by atoms with E-state index in [9.17, 15) is 4.79 Å². The molecular formula is C12H21N3O2. The van der Waals surface area contributed by atoms with Gasteiger partial charge in [0.15, 0.2) is 0 Å². The minimum absolute atomic E-state index is 0.0958. The fourth-order valence-corrected chi connectivity index (χ4v) is 1.55. The topological polar surface area (TPSA) is 56.1 Å². The van der Waals surface area contributed by atoms with Gasteiger partial charge in [-0.3, -0.25) is 9.48 Å². The summed E-state index contributed by atoms with van der Waals surface area (Å²) in [5, 5.41) is 7.35. The zero-order chi connectivity index (χ0) is 12.7. The molecule has 17 heavy (non-hydrogen) atoms. The average molecular weight is 239 g/mol. The third-order valence-electron chi connectivity index (χ3n) is 2.62. The number of ether oxygens (including phenoxy) is 1. The first-order chi connectivity index (χ1) is 8.15. The number of rotatable bonds is 7. The molecule has 0 aliphatic heterocycles. The van der Waals surface area contributed by atoms with Gasteiger partial charge < -0.3 is 10.1 Å². The van der Waals surface area contributed by atoms with E-state index in [1.54, 1.807) is 6.20 Å². The van der Waals surface area contributed by atoms with Crippen molar-refractivity contribution in [3.8, 4) is 0 Å². The van der Waals surface area contributed by atoms with Crippen LogP contribution in [-0.4, -0.2) is 35.4 Å². The van der Waals surface area contributed by atoms with Crippen LogP contribution >= 0.6 is 0 Å². The molecule has 0 saturated carbocycles. The van der Waals surface area contributed by atoms with Gasteiger partial charge in [-0.25, -0.2) is 0 Å². The Bertz CT molecular complexity index is 349. The van der Waals surface area contributed by atoms with Gasteiger partial charge in [0.05, 0.1) is 12.5 Å². The highest BCUT2D eigenvalue weighted by molar-refractivity contribution is 5.72. The van der Waals surface area contributed by atoms with Crippen molar-refractivity contribution >= 4 is 5.97 Å². The van der Waals surface area contributed by atoms with E-state index in [0.29, 0.717) is 13.2 Å². The SMILES string of the molecule is CCOC(=O)C(C)CNCCc1ccnn1C. The highest BCUT2D eigenvalue weighted by Crippen LogP contribution is 1.98. The second-order valence-electron chi connectivity index (χ2n) is 4.05. The van der Waals surface area contributed by atoms with E-state index < -0.39 is 0 Å². The molecule has 0 fully saturated rings. The van der Waals surface area contributed by atoms with E-state index in [0.717, 1.165) is 13.0 Å². The molecule has 1 rings (SSSR count). The van der Waals surface area contributed by atoms with Gasteiger partial charge in [0.25, 0.3) is 0 Å². The van der Waals surface area contributed by atoms with Crippen molar-refractivity contribution in [3.05, 3.63) is 18.0 Å². The summed E-state index contributed by atoms with van der Waals surface area (Å²) in [5.41, 5.74) is 1.18. The zero-order valence-corrected chi connectivity index (χ0v) is 10.8. The van der Waals surface area contributed by atoms with E-state index in [1.807, 2.05) is 31.6 Å². The molecule has 1 unspecified atom stereocenters. The van der Waals surface area contributed by atoms with Crippen LogP contribution in [0.25, 0.3) is 0 Å². The van der Waals surface area contributed by atoms with Crippen LogP contribution in [0.3, 0.4) is 0 Å². The van der Waals surface area contributed by atoms with Gasteiger partial charge in [-0.2, -0.15) is 5.10 Å². The van der Waals surface area contributed by atoms with Crippen molar-refractivity contribution in [1.82, 2.24) is 15.1 Å². The number of hydrogen-bond acceptors (Lipinski definition) is 4. The van der Waals surface area contributed by atoms with E-state index in [2.05, 4.69) is 10.4 Å². The molecule has 1 atom stereocenters. The molecular weight excluding hydrogens is 218 g/mol. The van der Waals surface area contributed by atoms with Crippen LogP contribution in [0.1, 0.15) is 19.5 Å². The lowest BCUT2D eigenvalue weighted by atomic mass is 10.2. The van der Waals surface area contributed by atoms with Crippen LogP contribution in [0.15, 0.2) is 12.3 Å². The normalized spacial score (nSPS) is 12.4. The van der Waals surface area contributed by atoms with Crippen molar-refractivity contribution in [3.63, 3.8) is 0 Å². The van der Waals surface area contributed by atoms with Gasteiger partial charge >= 0.3 is 5.97 Å². The Hall–Kier alpha value is -1.36. The van der Waals surface area contributed by atoms with Crippen molar-refractivity contribution in [2.75, 3.05) is 19.7 Å². The van der Waals surface area contributed by atoms with Crippen LogP contribution in [0, 0.1) is 5.92 Å². The molecule has 1 aromatic heterocycles. The van der Waals surface area contributed by atoms with Crippen LogP contribution in [0.2, 0.25) is 0 Å². The molecule has 0 aromatic carbocycles. The fraction of sp³-hybridized carbons (Fsp3) is 0.667. The summed E-state index contributed by atoms with van der Waals surface area (Å²) in [6.45, 7) is 5.62. The van der Waals surface area contributed by atoms with Crippen LogP contribution in [0.5, 0.6) is 0 Å². The second-order valence-corrected chi connectivity index (χ2v) is 4.05. The molecule has 0 aliphatic rings. The molecule has 0 amide bonds. The predicted molar refractivity (Wildman–Crippen MR) is 65.6 cm³/mol. The van der Waals surface area contributed by atoms with Gasteiger partial charge in [-0.1, -0.05) is 6.92 Å². The molecule has 0 spiro atoms.